The van der Waals surface area contributed by atoms with Gasteiger partial charge in [0.15, 0.2) is 0 Å². The maximum atomic E-state index is 12.5. The molecular formula is C23H25N5O. The minimum absolute atomic E-state index is 0.181. The number of aromatic nitrogens is 2. The highest BCUT2D eigenvalue weighted by atomic mass is 16.1. The van der Waals surface area contributed by atoms with Gasteiger partial charge in [-0.25, -0.2) is 4.98 Å². The van der Waals surface area contributed by atoms with E-state index in [9.17, 15) is 4.79 Å². The monoisotopic (exact) mass is 387 g/mol. The zero-order chi connectivity index (χ0) is 20.1. The summed E-state index contributed by atoms with van der Waals surface area (Å²) >= 11 is 0. The van der Waals surface area contributed by atoms with Gasteiger partial charge >= 0.3 is 0 Å². The standard InChI is InChI=1S/C23H25N5O/c1-2-27-13-15-28(16-14-27)22-10-6-5-9-21(22)26-23(29)12-11-18-17-24-19-7-3-4-8-20(19)25-18/h3-12,17H,2,13-16H2,1H3,(H,26,29)/b12-11+. The van der Waals surface area contributed by atoms with Gasteiger partial charge in [0.25, 0.3) is 0 Å². The summed E-state index contributed by atoms with van der Waals surface area (Å²) < 4.78 is 0. The van der Waals surface area contributed by atoms with Crippen molar-refractivity contribution in [2.24, 2.45) is 0 Å². The number of rotatable bonds is 5. The molecule has 0 saturated carbocycles. The van der Waals surface area contributed by atoms with Crippen LogP contribution < -0.4 is 10.2 Å². The number of hydrogen-bond donors (Lipinski definition) is 1. The first-order chi connectivity index (χ1) is 14.2. The molecule has 2 heterocycles. The van der Waals surface area contributed by atoms with Crippen molar-refractivity contribution in [3.05, 3.63) is 66.5 Å². The highest BCUT2D eigenvalue weighted by molar-refractivity contribution is 6.03. The molecule has 1 saturated heterocycles. The van der Waals surface area contributed by atoms with Crippen LogP contribution in [0.25, 0.3) is 17.1 Å². The molecule has 0 aliphatic carbocycles. The molecule has 0 spiro atoms. The van der Waals surface area contributed by atoms with E-state index in [1.54, 1.807) is 12.3 Å². The molecule has 1 aromatic heterocycles. The fourth-order valence-electron chi connectivity index (χ4n) is 3.55. The Labute approximate surface area is 170 Å². The lowest BCUT2D eigenvalue weighted by molar-refractivity contribution is -0.111. The van der Waals surface area contributed by atoms with Crippen LogP contribution in [0.4, 0.5) is 11.4 Å². The van der Waals surface area contributed by atoms with E-state index in [2.05, 4.69) is 38.1 Å². The molecule has 6 nitrogen and oxygen atoms in total. The van der Waals surface area contributed by atoms with Gasteiger partial charge in [0.2, 0.25) is 5.91 Å². The number of para-hydroxylation sites is 4. The molecule has 4 rings (SSSR count). The van der Waals surface area contributed by atoms with E-state index < -0.39 is 0 Å². The lowest BCUT2D eigenvalue weighted by atomic mass is 10.2. The predicted molar refractivity (Wildman–Crippen MR) is 118 cm³/mol. The van der Waals surface area contributed by atoms with Crippen molar-refractivity contribution < 1.29 is 4.79 Å². The number of hydrogen-bond acceptors (Lipinski definition) is 5. The van der Waals surface area contributed by atoms with Crippen molar-refractivity contribution in [1.82, 2.24) is 14.9 Å². The Kier molecular flexibility index (Phi) is 5.81. The van der Waals surface area contributed by atoms with E-state index in [0.29, 0.717) is 5.69 Å². The van der Waals surface area contributed by atoms with Crippen molar-refractivity contribution in [2.45, 2.75) is 6.92 Å². The molecule has 2 aromatic carbocycles. The largest absolute Gasteiger partial charge is 0.367 e. The maximum Gasteiger partial charge on any atom is 0.248 e. The Hall–Kier alpha value is -3.25. The minimum Gasteiger partial charge on any atom is -0.367 e. The average molecular weight is 387 g/mol. The molecule has 29 heavy (non-hydrogen) atoms. The molecule has 1 fully saturated rings. The van der Waals surface area contributed by atoms with Gasteiger partial charge in [-0.1, -0.05) is 31.2 Å². The number of carbonyl (C=O) groups is 1. The fourth-order valence-corrected chi connectivity index (χ4v) is 3.55. The summed E-state index contributed by atoms with van der Waals surface area (Å²) in [6, 6.07) is 15.7. The zero-order valence-corrected chi connectivity index (χ0v) is 16.6. The van der Waals surface area contributed by atoms with Gasteiger partial charge in [-0.15, -0.1) is 0 Å². The first-order valence-corrected chi connectivity index (χ1v) is 10.00. The zero-order valence-electron chi connectivity index (χ0n) is 16.6. The van der Waals surface area contributed by atoms with Gasteiger partial charge in [0.1, 0.15) is 0 Å². The number of carbonyl (C=O) groups excluding carboxylic acids is 1. The van der Waals surface area contributed by atoms with Gasteiger partial charge in [-0.2, -0.15) is 0 Å². The second kappa shape index (κ2) is 8.84. The summed E-state index contributed by atoms with van der Waals surface area (Å²) in [5.74, 6) is -0.181. The number of nitrogens with one attached hydrogen (secondary N) is 1. The molecule has 0 unspecified atom stereocenters. The van der Waals surface area contributed by atoms with Crippen LogP contribution in [0.5, 0.6) is 0 Å². The van der Waals surface area contributed by atoms with E-state index in [4.69, 9.17) is 0 Å². The van der Waals surface area contributed by atoms with Crippen LogP contribution in [-0.4, -0.2) is 53.5 Å². The maximum absolute atomic E-state index is 12.5. The van der Waals surface area contributed by atoms with Crippen LogP contribution in [0.1, 0.15) is 12.6 Å². The molecule has 1 N–H and O–H groups in total. The number of anilines is 2. The summed E-state index contributed by atoms with van der Waals surface area (Å²) in [5, 5.41) is 3.01. The van der Waals surface area contributed by atoms with E-state index in [1.807, 2.05) is 42.5 Å². The van der Waals surface area contributed by atoms with Gasteiger partial charge < -0.3 is 15.1 Å². The van der Waals surface area contributed by atoms with Gasteiger partial charge in [0, 0.05) is 32.3 Å². The van der Waals surface area contributed by atoms with E-state index in [1.165, 1.54) is 6.08 Å². The topological polar surface area (TPSA) is 61.4 Å². The summed E-state index contributed by atoms with van der Waals surface area (Å²) in [6.45, 7) is 7.27. The summed E-state index contributed by atoms with van der Waals surface area (Å²) in [5.41, 5.74) is 4.20. The number of fused-ring (bicyclic) bond motifs is 1. The molecule has 0 radical (unpaired) electrons. The van der Waals surface area contributed by atoms with Gasteiger partial charge in [-0.05, 0) is 36.9 Å². The smallest absolute Gasteiger partial charge is 0.248 e. The fraction of sp³-hybridized carbons (Fsp3) is 0.261. The van der Waals surface area contributed by atoms with Crippen molar-refractivity contribution in [2.75, 3.05) is 42.9 Å². The lowest BCUT2D eigenvalue weighted by Gasteiger charge is -2.36. The van der Waals surface area contributed by atoms with Crippen LogP contribution in [-0.2, 0) is 4.79 Å². The highest BCUT2D eigenvalue weighted by Gasteiger charge is 2.18. The van der Waals surface area contributed by atoms with Crippen LogP contribution in [0.2, 0.25) is 0 Å². The normalized spacial score (nSPS) is 15.1. The predicted octanol–water partition coefficient (Wildman–Crippen LogP) is 3.42. The van der Waals surface area contributed by atoms with Gasteiger partial charge in [0.05, 0.1) is 34.3 Å². The lowest BCUT2D eigenvalue weighted by Crippen LogP contribution is -2.46. The number of benzene rings is 2. The third-order valence-corrected chi connectivity index (χ3v) is 5.19. The van der Waals surface area contributed by atoms with Crippen molar-refractivity contribution >= 4 is 34.4 Å². The SMILES string of the molecule is CCN1CCN(c2ccccc2NC(=O)/C=C/c2cnc3ccccc3n2)CC1. The van der Waals surface area contributed by atoms with Crippen LogP contribution in [0, 0.1) is 0 Å². The second-order valence-electron chi connectivity index (χ2n) is 7.04. The average Bonchev–Trinajstić information content (AvgIpc) is 2.78. The van der Waals surface area contributed by atoms with Crippen LogP contribution >= 0.6 is 0 Å². The van der Waals surface area contributed by atoms with E-state index in [-0.39, 0.29) is 5.91 Å². The van der Waals surface area contributed by atoms with Crippen molar-refractivity contribution in [1.29, 1.82) is 0 Å². The Bertz CT molecular complexity index is 1020. The summed E-state index contributed by atoms with van der Waals surface area (Å²) in [6.07, 6.45) is 4.87. The first-order valence-electron chi connectivity index (χ1n) is 10.00. The summed E-state index contributed by atoms with van der Waals surface area (Å²) in [7, 11) is 0. The Morgan fingerprint density at radius 3 is 2.55 bits per heavy atom. The molecule has 6 heteroatoms. The summed E-state index contributed by atoms with van der Waals surface area (Å²) in [4.78, 5) is 26.2. The minimum atomic E-state index is -0.181. The molecular weight excluding hydrogens is 362 g/mol. The molecule has 1 aliphatic heterocycles. The molecule has 0 bridgehead atoms. The molecule has 1 amide bonds. The molecule has 0 atom stereocenters. The van der Waals surface area contributed by atoms with E-state index >= 15 is 0 Å². The molecule has 3 aromatic rings. The van der Waals surface area contributed by atoms with E-state index in [0.717, 1.165) is 55.1 Å². The Morgan fingerprint density at radius 2 is 1.76 bits per heavy atom. The van der Waals surface area contributed by atoms with Crippen LogP contribution in [0.15, 0.2) is 60.8 Å². The second-order valence-corrected chi connectivity index (χ2v) is 7.04. The highest BCUT2D eigenvalue weighted by Crippen LogP contribution is 2.26. The molecule has 1 aliphatic rings. The number of amides is 1. The third-order valence-electron chi connectivity index (χ3n) is 5.19. The third kappa shape index (κ3) is 4.60. The van der Waals surface area contributed by atoms with Crippen molar-refractivity contribution in [3.8, 4) is 0 Å². The Balaban J connectivity index is 1.45. The Morgan fingerprint density at radius 1 is 1.03 bits per heavy atom. The number of piperazine rings is 1. The van der Waals surface area contributed by atoms with Crippen LogP contribution in [0.3, 0.4) is 0 Å². The van der Waals surface area contributed by atoms with Crippen molar-refractivity contribution in [3.63, 3.8) is 0 Å². The first kappa shape index (κ1) is 19.1. The van der Waals surface area contributed by atoms with Gasteiger partial charge in [-0.3, -0.25) is 9.78 Å². The quantitative estimate of drug-likeness (QED) is 0.680. The number of likely N-dealkylation sites (N-methyl/N-ethyl adjacent to an activating group) is 1. The number of nitrogens with zero attached hydrogens (tertiary/aromatic N) is 4. The molecule has 148 valence electrons.